The highest BCUT2D eigenvalue weighted by atomic mass is 14.2. The Labute approximate surface area is 113 Å². The summed E-state index contributed by atoms with van der Waals surface area (Å²) in [5, 5.41) is 0. The molecule has 0 saturated heterocycles. The van der Waals surface area contributed by atoms with Crippen molar-refractivity contribution in [2.75, 3.05) is 0 Å². The Morgan fingerprint density at radius 2 is 1.89 bits per heavy atom. The summed E-state index contributed by atoms with van der Waals surface area (Å²) < 4.78 is 0. The van der Waals surface area contributed by atoms with Crippen LogP contribution in [0.4, 0.5) is 0 Å². The van der Waals surface area contributed by atoms with E-state index in [1.807, 2.05) is 0 Å². The zero-order valence-electron chi connectivity index (χ0n) is 12.9. The lowest BCUT2D eigenvalue weighted by Crippen LogP contribution is -2.13. The monoisotopic (exact) mass is 244 g/mol. The Balaban J connectivity index is 2.89. The first kappa shape index (κ1) is 15.0. The standard InChI is InChI=1S/C18H28/c1-7-8-9-14(2)12-16-11-10-15(3)17(13-16)18(4,5)6/h8-11,13-14H,7,12H2,1-6H3/b9-8-. The maximum absolute atomic E-state index is 2.39. The van der Waals surface area contributed by atoms with Crippen molar-refractivity contribution in [3.8, 4) is 0 Å². The van der Waals surface area contributed by atoms with E-state index in [1.54, 1.807) is 0 Å². The first-order valence-electron chi connectivity index (χ1n) is 7.11. The van der Waals surface area contributed by atoms with Gasteiger partial charge in [-0.2, -0.15) is 0 Å². The third kappa shape index (κ3) is 4.33. The van der Waals surface area contributed by atoms with Gasteiger partial charge in [0, 0.05) is 0 Å². The molecule has 1 atom stereocenters. The molecule has 0 aliphatic rings. The Kier molecular flexibility index (Phi) is 5.19. The van der Waals surface area contributed by atoms with Crippen molar-refractivity contribution in [1.82, 2.24) is 0 Å². The third-order valence-electron chi connectivity index (χ3n) is 3.37. The summed E-state index contributed by atoms with van der Waals surface area (Å²) in [4.78, 5) is 0. The van der Waals surface area contributed by atoms with E-state index in [1.165, 1.54) is 16.7 Å². The summed E-state index contributed by atoms with van der Waals surface area (Å²) in [5.74, 6) is 0.625. The molecule has 18 heavy (non-hydrogen) atoms. The lowest BCUT2D eigenvalue weighted by molar-refractivity contribution is 0.584. The van der Waals surface area contributed by atoms with Gasteiger partial charge in [-0.05, 0) is 47.8 Å². The van der Waals surface area contributed by atoms with Crippen molar-refractivity contribution in [1.29, 1.82) is 0 Å². The van der Waals surface area contributed by atoms with Gasteiger partial charge in [0.2, 0.25) is 0 Å². The van der Waals surface area contributed by atoms with E-state index in [2.05, 4.69) is 71.9 Å². The van der Waals surface area contributed by atoms with E-state index in [0.717, 1.165) is 12.8 Å². The van der Waals surface area contributed by atoms with Crippen molar-refractivity contribution >= 4 is 0 Å². The fourth-order valence-corrected chi connectivity index (χ4v) is 2.41. The minimum atomic E-state index is 0.239. The van der Waals surface area contributed by atoms with Crippen LogP contribution in [-0.2, 0) is 11.8 Å². The molecule has 0 aliphatic carbocycles. The van der Waals surface area contributed by atoms with Crippen LogP contribution < -0.4 is 0 Å². The molecule has 0 heteroatoms. The average Bonchev–Trinajstić information content (AvgIpc) is 2.27. The summed E-state index contributed by atoms with van der Waals surface area (Å²) in [5.41, 5.74) is 4.58. The molecular weight excluding hydrogens is 216 g/mol. The lowest BCUT2D eigenvalue weighted by atomic mass is 9.82. The molecule has 0 fully saturated rings. The number of benzene rings is 1. The number of aryl methyl sites for hydroxylation is 1. The maximum Gasteiger partial charge on any atom is -0.0129 e. The fraction of sp³-hybridized carbons (Fsp3) is 0.556. The zero-order valence-corrected chi connectivity index (χ0v) is 12.9. The van der Waals surface area contributed by atoms with Crippen LogP contribution in [0.3, 0.4) is 0 Å². The number of rotatable bonds is 4. The van der Waals surface area contributed by atoms with Crippen LogP contribution in [0.5, 0.6) is 0 Å². The largest absolute Gasteiger partial charge is 0.0885 e. The second-order valence-electron chi connectivity index (χ2n) is 6.42. The quantitative estimate of drug-likeness (QED) is 0.619. The van der Waals surface area contributed by atoms with Gasteiger partial charge in [0.1, 0.15) is 0 Å². The molecule has 1 rings (SSSR count). The van der Waals surface area contributed by atoms with Gasteiger partial charge >= 0.3 is 0 Å². The highest BCUT2D eigenvalue weighted by Crippen LogP contribution is 2.27. The molecule has 0 heterocycles. The fourth-order valence-electron chi connectivity index (χ4n) is 2.41. The molecule has 0 bridgehead atoms. The van der Waals surface area contributed by atoms with Crippen LogP contribution >= 0.6 is 0 Å². The molecule has 0 aromatic heterocycles. The lowest BCUT2D eigenvalue weighted by Gasteiger charge is -2.23. The van der Waals surface area contributed by atoms with Gasteiger partial charge < -0.3 is 0 Å². The normalized spacial score (nSPS) is 14.1. The first-order chi connectivity index (χ1) is 8.34. The van der Waals surface area contributed by atoms with E-state index < -0.39 is 0 Å². The van der Waals surface area contributed by atoms with E-state index in [-0.39, 0.29) is 5.41 Å². The number of allylic oxidation sites excluding steroid dienone is 2. The second-order valence-corrected chi connectivity index (χ2v) is 6.42. The summed E-state index contributed by atoms with van der Waals surface area (Å²) in [7, 11) is 0. The van der Waals surface area contributed by atoms with E-state index in [9.17, 15) is 0 Å². The highest BCUT2D eigenvalue weighted by Gasteiger charge is 2.16. The highest BCUT2D eigenvalue weighted by molar-refractivity contribution is 5.36. The minimum Gasteiger partial charge on any atom is -0.0885 e. The van der Waals surface area contributed by atoms with Gasteiger partial charge in [-0.15, -0.1) is 0 Å². The van der Waals surface area contributed by atoms with Crippen molar-refractivity contribution < 1.29 is 0 Å². The van der Waals surface area contributed by atoms with Gasteiger partial charge in [0.05, 0.1) is 0 Å². The smallest absolute Gasteiger partial charge is 0.0129 e. The topological polar surface area (TPSA) is 0 Å². The molecule has 0 amide bonds. The molecule has 0 N–H and O–H groups in total. The maximum atomic E-state index is 2.39. The number of hydrogen-bond donors (Lipinski definition) is 0. The van der Waals surface area contributed by atoms with Crippen molar-refractivity contribution in [2.24, 2.45) is 5.92 Å². The molecular formula is C18H28. The predicted molar refractivity (Wildman–Crippen MR) is 82.2 cm³/mol. The van der Waals surface area contributed by atoms with Gasteiger partial charge in [0.25, 0.3) is 0 Å². The van der Waals surface area contributed by atoms with E-state index in [4.69, 9.17) is 0 Å². The van der Waals surface area contributed by atoms with Crippen LogP contribution in [0.25, 0.3) is 0 Å². The molecule has 1 aromatic carbocycles. The Bertz CT molecular complexity index is 405. The molecule has 0 spiro atoms. The van der Waals surface area contributed by atoms with Gasteiger partial charge in [0.15, 0.2) is 0 Å². The van der Waals surface area contributed by atoms with Gasteiger partial charge in [-0.25, -0.2) is 0 Å². The molecule has 0 radical (unpaired) electrons. The van der Waals surface area contributed by atoms with Crippen LogP contribution in [0, 0.1) is 12.8 Å². The molecule has 1 unspecified atom stereocenters. The molecule has 1 aromatic rings. The Morgan fingerprint density at radius 1 is 1.22 bits per heavy atom. The minimum absolute atomic E-state index is 0.239. The Hall–Kier alpha value is -1.04. The van der Waals surface area contributed by atoms with Crippen LogP contribution in [0.1, 0.15) is 57.7 Å². The molecule has 0 aliphatic heterocycles. The summed E-state index contributed by atoms with van der Waals surface area (Å²) in [6.45, 7) is 13.6. The van der Waals surface area contributed by atoms with Crippen molar-refractivity contribution in [2.45, 2.75) is 59.8 Å². The van der Waals surface area contributed by atoms with Crippen molar-refractivity contribution in [3.63, 3.8) is 0 Å². The summed E-state index contributed by atoms with van der Waals surface area (Å²) >= 11 is 0. The molecule has 100 valence electrons. The second kappa shape index (κ2) is 6.22. The molecule has 0 nitrogen and oxygen atoms in total. The summed E-state index contributed by atoms with van der Waals surface area (Å²) in [6.07, 6.45) is 6.87. The van der Waals surface area contributed by atoms with Crippen molar-refractivity contribution in [3.05, 3.63) is 47.0 Å². The third-order valence-corrected chi connectivity index (χ3v) is 3.37. The predicted octanol–water partition coefficient (Wildman–Crippen LogP) is 5.44. The van der Waals surface area contributed by atoms with Crippen LogP contribution in [0.2, 0.25) is 0 Å². The SMILES string of the molecule is CC/C=C\C(C)Cc1ccc(C)c(C(C)(C)C)c1. The summed E-state index contributed by atoms with van der Waals surface area (Å²) in [6, 6.07) is 6.94. The van der Waals surface area contributed by atoms with E-state index >= 15 is 0 Å². The van der Waals surface area contributed by atoms with E-state index in [0.29, 0.717) is 5.92 Å². The van der Waals surface area contributed by atoms with Gasteiger partial charge in [-0.3, -0.25) is 0 Å². The first-order valence-corrected chi connectivity index (χ1v) is 7.11. The van der Waals surface area contributed by atoms with Gasteiger partial charge in [-0.1, -0.05) is 65.0 Å². The molecule has 0 saturated carbocycles. The average molecular weight is 244 g/mol. The Morgan fingerprint density at radius 3 is 2.44 bits per heavy atom. The van der Waals surface area contributed by atoms with Crippen LogP contribution in [0.15, 0.2) is 30.4 Å². The number of hydrogen-bond acceptors (Lipinski definition) is 0. The van der Waals surface area contributed by atoms with Crippen LogP contribution in [-0.4, -0.2) is 0 Å². The zero-order chi connectivity index (χ0) is 13.8.